The molecule has 0 aliphatic carbocycles. The van der Waals surface area contributed by atoms with Crippen LogP contribution in [0.1, 0.15) is 27.2 Å². The molecule has 2 unspecified atom stereocenters. The van der Waals surface area contributed by atoms with E-state index in [0.717, 1.165) is 6.42 Å². The Morgan fingerprint density at radius 2 is 1.75 bits per heavy atom. The molecule has 0 saturated heterocycles. The third-order valence-corrected chi connectivity index (χ3v) is 2.59. The number of aliphatic hydroxyl groups is 1. The number of hydrogen-bond donors (Lipinski definition) is 2. The fraction of sp³-hybridized carbons (Fsp3) is 1.00. The zero-order valence-electron chi connectivity index (χ0n) is 10.4. The van der Waals surface area contributed by atoms with Gasteiger partial charge in [-0.25, -0.2) is 0 Å². The van der Waals surface area contributed by atoms with Crippen LogP contribution in [-0.4, -0.2) is 72.2 Å². The summed E-state index contributed by atoms with van der Waals surface area (Å²) in [5, 5.41) is 9.20. The molecule has 0 aromatic carbocycles. The number of hydrogen-bond acceptors (Lipinski definition) is 4. The maximum atomic E-state index is 10.4. The maximum Gasteiger partial charge on any atom is 0.267 e. The van der Waals surface area contributed by atoms with Crippen LogP contribution in [0, 0.1) is 5.92 Å². The average molecular weight is 263 g/mol. The Hall–Kier alpha value is 0.830. The molecule has 2 N–H and O–H groups in total. The molecule has 0 aromatic heterocycles. The number of aliphatic hydroxyl groups excluding tert-OH is 1. The first-order valence-electron chi connectivity index (χ1n) is 4.95. The van der Waals surface area contributed by atoms with Crippen molar-refractivity contribution in [1.82, 2.24) is 0 Å². The van der Waals surface area contributed by atoms with E-state index in [2.05, 4.69) is 13.8 Å². The Morgan fingerprint density at radius 1 is 1.25 bits per heavy atom. The second kappa shape index (κ2) is 8.85. The zero-order chi connectivity index (χ0) is 12.1. The first-order chi connectivity index (χ1) is 6.70. The van der Waals surface area contributed by atoms with Crippen molar-refractivity contribution in [3.63, 3.8) is 0 Å². The van der Waals surface area contributed by atoms with Crippen LogP contribution in [-0.2, 0) is 14.9 Å². The van der Waals surface area contributed by atoms with Gasteiger partial charge in [-0.1, -0.05) is 13.8 Å². The van der Waals surface area contributed by atoms with Crippen LogP contribution in [0.4, 0.5) is 0 Å². The molecule has 0 fully saturated rings. The van der Waals surface area contributed by atoms with E-state index in [1.54, 1.807) is 0 Å². The minimum atomic E-state index is -4.12. The SMILES string of the molecule is CC(C)CC(C)OCC(O)CS(=O)(=O)O.[Na]. The van der Waals surface area contributed by atoms with Crippen molar-refractivity contribution in [1.29, 1.82) is 0 Å². The summed E-state index contributed by atoms with van der Waals surface area (Å²) in [5.41, 5.74) is 0. The van der Waals surface area contributed by atoms with Gasteiger partial charge in [-0.05, 0) is 19.3 Å². The quantitative estimate of drug-likeness (QED) is 0.510. The van der Waals surface area contributed by atoms with Crippen molar-refractivity contribution in [3.8, 4) is 0 Å². The maximum absolute atomic E-state index is 10.4. The van der Waals surface area contributed by atoms with Gasteiger partial charge in [0.2, 0.25) is 0 Å². The third-order valence-electron chi connectivity index (χ3n) is 1.78. The summed E-state index contributed by atoms with van der Waals surface area (Å²) >= 11 is 0. The molecule has 5 nitrogen and oxygen atoms in total. The molecule has 2 atom stereocenters. The van der Waals surface area contributed by atoms with Gasteiger partial charge in [-0.3, -0.25) is 4.55 Å². The molecule has 0 aliphatic rings. The molecule has 0 rings (SSSR count). The standard InChI is InChI=1S/C9H20O5S.Na/c1-7(2)4-8(3)14-5-9(10)6-15(11,12)13;/h7-10H,4-6H2,1-3H3,(H,11,12,13);. The predicted octanol–water partition coefficient (Wildman–Crippen LogP) is 0.306. The van der Waals surface area contributed by atoms with Crippen LogP contribution in [0.25, 0.3) is 0 Å². The third kappa shape index (κ3) is 12.9. The molecule has 16 heavy (non-hydrogen) atoms. The van der Waals surface area contributed by atoms with E-state index in [-0.39, 0.29) is 42.3 Å². The van der Waals surface area contributed by atoms with Crippen molar-refractivity contribution >= 4 is 39.7 Å². The van der Waals surface area contributed by atoms with E-state index in [0.29, 0.717) is 5.92 Å². The molecular formula is C9H20NaO5S. The molecule has 0 amide bonds. The van der Waals surface area contributed by atoms with Crippen LogP contribution >= 0.6 is 0 Å². The minimum absolute atomic E-state index is 0. The molecule has 0 aliphatic heterocycles. The fourth-order valence-corrected chi connectivity index (χ4v) is 1.88. The fourth-order valence-electron chi connectivity index (χ4n) is 1.30. The van der Waals surface area contributed by atoms with Crippen LogP contribution in [0.15, 0.2) is 0 Å². The second-order valence-corrected chi connectivity index (χ2v) is 5.67. The van der Waals surface area contributed by atoms with Gasteiger partial charge in [0.15, 0.2) is 0 Å². The Morgan fingerprint density at radius 3 is 2.12 bits per heavy atom. The van der Waals surface area contributed by atoms with Crippen molar-refractivity contribution in [2.45, 2.75) is 39.4 Å². The summed E-state index contributed by atoms with van der Waals surface area (Å²) in [7, 11) is -4.12. The van der Waals surface area contributed by atoms with Crippen molar-refractivity contribution in [2.75, 3.05) is 12.4 Å². The van der Waals surface area contributed by atoms with Gasteiger partial charge >= 0.3 is 0 Å². The Balaban J connectivity index is 0. The van der Waals surface area contributed by atoms with E-state index in [1.807, 2.05) is 6.92 Å². The van der Waals surface area contributed by atoms with Crippen molar-refractivity contribution in [3.05, 3.63) is 0 Å². The minimum Gasteiger partial charge on any atom is -0.390 e. The summed E-state index contributed by atoms with van der Waals surface area (Å²) < 4.78 is 34.5. The second-order valence-electron chi connectivity index (χ2n) is 4.18. The largest absolute Gasteiger partial charge is 0.390 e. The zero-order valence-corrected chi connectivity index (χ0v) is 13.2. The van der Waals surface area contributed by atoms with Gasteiger partial charge in [-0.2, -0.15) is 8.42 Å². The Bertz CT molecular complexity index is 265. The molecule has 93 valence electrons. The van der Waals surface area contributed by atoms with Gasteiger partial charge in [0, 0.05) is 29.6 Å². The van der Waals surface area contributed by atoms with Crippen molar-refractivity contribution < 1.29 is 22.8 Å². The van der Waals surface area contributed by atoms with E-state index in [9.17, 15) is 13.5 Å². The molecule has 0 saturated carbocycles. The first kappa shape index (κ1) is 19.2. The van der Waals surface area contributed by atoms with Gasteiger partial charge in [-0.15, -0.1) is 0 Å². The molecule has 0 heterocycles. The Labute approximate surface area is 120 Å². The summed E-state index contributed by atoms with van der Waals surface area (Å²) in [5.74, 6) is -0.194. The summed E-state index contributed by atoms with van der Waals surface area (Å²) in [6.07, 6.45) is -0.353. The topological polar surface area (TPSA) is 83.8 Å². The molecular weight excluding hydrogens is 243 g/mol. The summed E-state index contributed by atoms with van der Waals surface area (Å²) in [6.45, 7) is 5.89. The van der Waals surface area contributed by atoms with Crippen LogP contribution in [0.5, 0.6) is 0 Å². The van der Waals surface area contributed by atoms with E-state index in [1.165, 1.54) is 0 Å². The monoisotopic (exact) mass is 263 g/mol. The van der Waals surface area contributed by atoms with Crippen molar-refractivity contribution in [2.24, 2.45) is 5.92 Å². The van der Waals surface area contributed by atoms with Gasteiger partial charge in [0.05, 0.1) is 18.8 Å². The van der Waals surface area contributed by atoms with Crippen LogP contribution in [0.2, 0.25) is 0 Å². The number of ether oxygens (including phenoxy) is 1. The Kier molecular flexibility index (Phi) is 10.6. The first-order valence-corrected chi connectivity index (χ1v) is 6.56. The molecule has 0 bridgehead atoms. The summed E-state index contributed by atoms with van der Waals surface area (Å²) in [6, 6.07) is 0. The van der Waals surface area contributed by atoms with E-state index >= 15 is 0 Å². The van der Waals surface area contributed by atoms with Gasteiger partial charge < -0.3 is 9.84 Å². The molecule has 0 aromatic rings. The van der Waals surface area contributed by atoms with E-state index in [4.69, 9.17) is 9.29 Å². The molecule has 1 radical (unpaired) electrons. The normalized spacial score (nSPS) is 15.6. The predicted molar refractivity (Wildman–Crippen MR) is 63.0 cm³/mol. The molecule has 7 heteroatoms. The van der Waals surface area contributed by atoms with Gasteiger partial charge in [0.1, 0.15) is 5.75 Å². The van der Waals surface area contributed by atoms with Crippen LogP contribution in [0.3, 0.4) is 0 Å². The number of rotatable bonds is 7. The summed E-state index contributed by atoms with van der Waals surface area (Å²) in [4.78, 5) is 0. The van der Waals surface area contributed by atoms with Gasteiger partial charge in [0.25, 0.3) is 10.1 Å². The average Bonchev–Trinajstić information content (AvgIpc) is 1.96. The van der Waals surface area contributed by atoms with E-state index < -0.39 is 22.0 Å². The molecule has 0 spiro atoms. The van der Waals surface area contributed by atoms with Crippen LogP contribution < -0.4 is 0 Å². The smallest absolute Gasteiger partial charge is 0.267 e.